The van der Waals surface area contributed by atoms with Gasteiger partial charge in [0.1, 0.15) is 0 Å². The van der Waals surface area contributed by atoms with Gasteiger partial charge in [-0.15, -0.1) is 0 Å². The highest BCUT2D eigenvalue weighted by molar-refractivity contribution is 4.84. The van der Waals surface area contributed by atoms with Crippen molar-refractivity contribution in [1.82, 2.24) is 5.32 Å². The maximum absolute atomic E-state index is 5.78. The molecule has 2 heteroatoms. The van der Waals surface area contributed by atoms with Gasteiger partial charge in [-0.05, 0) is 18.3 Å². The fourth-order valence-corrected chi connectivity index (χ4v) is 1.70. The van der Waals surface area contributed by atoms with Gasteiger partial charge < -0.3 is 10.1 Å². The van der Waals surface area contributed by atoms with Crippen LogP contribution in [0.2, 0.25) is 0 Å². The molecule has 1 aliphatic rings. The van der Waals surface area contributed by atoms with Crippen molar-refractivity contribution < 1.29 is 4.74 Å². The molecule has 1 heterocycles. The molecule has 13 heavy (non-hydrogen) atoms. The lowest BCUT2D eigenvalue weighted by molar-refractivity contribution is 0.0463. The molecule has 0 saturated carbocycles. The van der Waals surface area contributed by atoms with Crippen LogP contribution in [0.25, 0.3) is 0 Å². The summed E-state index contributed by atoms with van der Waals surface area (Å²) in [5.41, 5.74) is 0. The van der Waals surface area contributed by atoms with Crippen LogP contribution in [-0.4, -0.2) is 25.3 Å². The Bertz CT molecular complexity index is 145. The van der Waals surface area contributed by atoms with Crippen LogP contribution >= 0.6 is 0 Å². The second-order valence-electron chi connectivity index (χ2n) is 4.84. The molecule has 0 aromatic heterocycles. The average Bonchev–Trinajstić information content (AvgIpc) is 2.48. The van der Waals surface area contributed by atoms with Crippen LogP contribution in [0.15, 0.2) is 0 Å². The molecule has 2 atom stereocenters. The van der Waals surface area contributed by atoms with E-state index in [0.717, 1.165) is 19.1 Å². The molecule has 0 aliphatic carbocycles. The predicted molar refractivity (Wildman–Crippen MR) is 55.8 cm³/mol. The van der Waals surface area contributed by atoms with Crippen molar-refractivity contribution in [1.29, 1.82) is 0 Å². The Morgan fingerprint density at radius 3 is 2.46 bits per heavy atom. The van der Waals surface area contributed by atoms with Crippen LogP contribution in [0.3, 0.4) is 0 Å². The molecule has 0 spiro atoms. The summed E-state index contributed by atoms with van der Waals surface area (Å²) in [5.74, 6) is 1.38. The Balaban J connectivity index is 2.17. The van der Waals surface area contributed by atoms with E-state index in [2.05, 4.69) is 33.0 Å². The standard InChI is InChI=1S/C11H23NO/c1-8(2)7-13-10-5-11(9(3)4)12-6-10/h8-12H,5-7H2,1-4H3/t10-,11+/m0/s1. The fourth-order valence-electron chi connectivity index (χ4n) is 1.70. The molecular formula is C11H23NO. The second-order valence-corrected chi connectivity index (χ2v) is 4.84. The lowest BCUT2D eigenvalue weighted by atomic mass is 10.0. The lowest BCUT2D eigenvalue weighted by Gasteiger charge is -2.15. The molecular weight excluding hydrogens is 162 g/mol. The van der Waals surface area contributed by atoms with E-state index in [9.17, 15) is 0 Å². The zero-order valence-corrected chi connectivity index (χ0v) is 9.34. The molecule has 0 unspecified atom stereocenters. The van der Waals surface area contributed by atoms with Crippen molar-refractivity contribution in [3.63, 3.8) is 0 Å². The van der Waals surface area contributed by atoms with E-state index in [1.54, 1.807) is 0 Å². The van der Waals surface area contributed by atoms with E-state index in [-0.39, 0.29) is 0 Å². The van der Waals surface area contributed by atoms with Gasteiger partial charge in [0.05, 0.1) is 6.10 Å². The van der Waals surface area contributed by atoms with Gasteiger partial charge in [0, 0.05) is 19.2 Å². The van der Waals surface area contributed by atoms with Gasteiger partial charge in [-0.1, -0.05) is 27.7 Å². The summed E-state index contributed by atoms with van der Waals surface area (Å²) >= 11 is 0. The Morgan fingerprint density at radius 2 is 2.00 bits per heavy atom. The Hall–Kier alpha value is -0.0800. The molecule has 2 nitrogen and oxygen atoms in total. The molecule has 1 rings (SSSR count). The van der Waals surface area contributed by atoms with Crippen LogP contribution in [0.4, 0.5) is 0 Å². The summed E-state index contributed by atoms with van der Waals surface area (Å²) < 4.78 is 5.78. The number of rotatable bonds is 4. The van der Waals surface area contributed by atoms with E-state index < -0.39 is 0 Å². The molecule has 0 radical (unpaired) electrons. The average molecular weight is 185 g/mol. The van der Waals surface area contributed by atoms with Crippen LogP contribution in [0, 0.1) is 11.8 Å². The molecule has 0 bridgehead atoms. The highest BCUT2D eigenvalue weighted by atomic mass is 16.5. The molecule has 78 valence electrons. The van der Waals surface area contributed by atoms with Crippen LogP contribution < -0.4 is 5.32 Å². The minimum absolute atomic E-state index is 0.454. The first-order valence-corrected chi connectivity index (χ1v) is 5.44. The first-order valence-electron chi connectivity index (χ1n) is 5.44. The van der Waals surface area contributed by atoms with E-state index >= 15 is 0 Å². The number of hydrogen-bond donors (Lipinski definition) is 1. The first-order chi connectivity index (χ1) is 6.09. The molecule has 1 aliphatic heterocycles. The largest absolute Gasteiger partial charge is 0.377 e. The lowest BCUT2D eigenvalue weighted by Crippen LogP contribution is -2.26. The van der Waals surface area contributed by atoms with Gasteiger partial charge in [-0.25, -0.2) is 0 Å². The number of hydrogen-bond acceptors (Lipinski definition) is 2. The molecule has 0 aromatic carbocycles. The third-order valence-corrected chi connectivity index (χ3v) is 2.59. The van der Waals surface area contributed by atoms with Gasteiger partial charge in [-0.3, -0.25) is 0 Å². The fraction of sp³-hybridized carbons (Fsp3) is 1.00. The predicted octanol–water partition coefficient (Wildman–Crippen LogP) is 2.05. The van der Waals surface area contributed by atoms with E-state index in [4.69, 9.17) is 4.74 Å². The van der Waals surface area contributed by atoms with Gasteiger partial charge in [0.2, 0.25) is 0 Å². The van der Waals surface area contributed by atoms with Crippen LogP contribution in [0.5, 0.6) is 0 Å². The van der Waals surface area contributed by atoms with Crippen molar-refractivity contribution >= 4 is 0 Å². The smallest absolute Gasteiger partial charge is 0.0714 e. The summed E-state index contributed by atoms with van der Waals surface area (Å²) in [6, 6.07) is 0.664. The summed E-state index contributed by atoms with van der Waals surface area (Å²) in [6.07, 6.45) is 1.64. The Kier molecular flexibility index (Phi) is 4.20. The zero-order chi connectivity index (χ0) is 9.84. The maximum atomic E-state index is 5.78. The molecule has 1 N–H and O–H groups in total. The third-order valence-electron chi connectivity index (χ3n) is 2.59. The highest BCUT2D eigenvalue weighted by Gasteiger charge is 2.26. The minimum atomic E-state index is 0.454. The second kappa shape index (κ2) is 4.97. The Labute approximate surface area is 82.0 Å². The topological polar surface area (TPSA) is 21.3 Å². The van der Waals surface area contributed by atoms with E-state index in [1.807, 2.05) is 0 Å². The SMILES string of the molecule is CC(C)CO[C@@H]1CN[C@@H](C(C)C)C1. The molecule has 1 fully saturated rings. The monoisotopic (exact) mass is 185 g/mol. The molecule has 0 amide bonds. The van der Waals surface area contributed by atoms with Crippen LogP contribution in [0.1, 0.15) is 34.1 Å². The number of ether oxygens (including phenoxy) is 1. The van der Waals surface area contributed by atoms with Crippen molar-refractivity contribution in [2.24, 2.45) is 11.8 Å². The third kappa shape index (κ3) is 3.65. The van der Waals surface area contributed by atoms with E-state index in [1.165, 1.54) is 6.42 Å². The van der Waals surface area contributed by atoms with Crippen molar-refractivity contribution in [2.45, 2.75) is 46.3 Å². The normalized spacial score (nSPS) is 29.1. The summed E-state index contributed by atoms with van der Waals surface area (Å²) in [7, 11) is 0. The zero-order valence-electron chi connectivity index (χ0n) is 9.34. The Morgan fingerprint density at radius 1 is 1.31 bits per heavy atom. The molecule has 1 saturated heterocycles. The first kappa shape index (κ1) is 11.0. The van der Waals surface area contributed by atoms with Gasteiger partial charge in [-0.2, -0.15) is 0 Å². The highest BCUT2D eigenvalue weighted by Crippen LogP contribution is 2.17. The number of nitrogens with one attached hydrogen (secondary N) is 1. The van der Waals surface area contributed by atoms with Gasteiger partial charge in [0.25, 0.3) is 0 Å². The van der Waals surface area contributed by atoms with Crippen molar-refractivity contribution in [3.8, 4) is 0 Å². The van der Waals surface area contributed by atoms with Gasteiger partial charge >= 0.3 is 0 Å². The van der Waals surface area contributed by atoms with Crippen molar-refractivity contribution in [2.75, 3.05) is 13.2 Å². The van der Waals surface area contributed by atoms with Crippen LogP contribution in [-0.2, 0) is 4.74 Å². The minimum Gasteiger partial charge on any atom is -0.377 e. The van der Waals surface area contributed by atoms with Gasteiger partial charge in [0.15, 0.2) is 0 Å². The summed E-state index contributed by atoms with van der Waals surface area (Å²) in [6.45, 7) is 10.9. The summed E-state index contributed by atoms with van der Waals surface area (Å²) in [5, 5.41) is 3.50. The van der Waals surface area contributed by atoms with Crippen molar-refractivity contribution in [3.05, 3.63) is 0 Å². The maximum Gasteiger partial charge on any atom is 0.0714 e. The molecule has 0 aromatic rings. The summed E-state index contributed by atoms with van der Waals surface area (Å²) in [4.78, 5) is 0. The van der Waals surface area contributed by atoms with E-state index in [0.29, 0.717) is 18.1 Å². The quantitative estimate of drug-likeness (QED) is 0.723.